The van der Waals surface area contributed by atoms with Crippen LogP contribution in [0.3, 0.4) is 0 Å². The van der Waals surface area contributed by atoms with Gasteiger partial charge in [0.15, 0.2) is 0 Å². The lowest BCUT2D eigenvalue weighted by molar-refractivity contribution is -0.118. The molecular formula is C20H28O3. The third-order valence-corrected chi connectivity index (χ3v) is 7.50. The molecule has 23 heavy (non-hydrogen) atoms. The maximum Gasteiger partial charge on any atom is 0.137 e. The molecule has 2 N–H and O–H groups in total. The Bertz CT molecular complexity index is 602. The quantitative estimate of drug-likeness (QED) is 0.822. The summed E-state index contributed by atoms with van der Waals surface area (Å²) in [6, 6.07) is 0. The Balaban J connectivity index is 1.70. The number of hydrogen-bond donors (Lipinski definition) is 2. The fraction of sp³-hybridized carbons (Fsp3) is 0.750. The fourth-order valence-electron chi connectivity index (χ4n) is 6.11. The van der Waals surface area contributed by atoms with Gasteiger partial charge in [0.25, 0.3) is 0 Å². The molecule has 0 aromatic rings. The molecule has 1 saturated carbocycles. The van der Waals surface area contributed by atoms with Crippen LogP contribution in [0.15, 0.2) is 22.8 Å². The number of ketones is 1. The summed E-state index contributed by atoms with van der Waals surface area (Å²) in [6.45, 7) is 2.30. The van der Waals surface area contributed by atoms with Crippen LogP contribution in [0.2, 0.25) is 0 Å². The summed E-state index contributed by atoms with van der Waals surface area (Å²) in [6.07, 6.45) is 10.2. The van der Waals surface area contributed by atoms with Gasteiger partial charge in [0.1, 0.15) is 5.78 Å². The highest BCUT2D eigenvalue weighted by Gasteiger charge is 2.59. The number of hydrogen-bond acceptors (Lipinski definition) is 3. The van der Waals surface area contributed by atoms with Crippen LogP contribution in [0.5, 0.6) is 0 Å². The highest BCUT2D eigenvalue weighted by molar-refractivity contribution is 5.83. The molecule has 0 radical (unpaired) electrons. The van der Waals surface area contributed by atoms with Crippen molar-refractivity contribution in [2.24, 2.45) is 17.3 Å². The topological polar surface area (TPSA) is 57.5 Å². The van der Waals surface area contributed by atoms with Crippen molar-refractivity contribution in [2.45, 2.75) is 70.3 Å². The van der Waals surface area contributed by atoms with Crippen molar-refractivity contribution in [3.8, 4) is 0 Å². The van der Waals surface area contributed by atoms with E-state index in [4.69, 9.17) is 0 Å². The molecule has 1 fully saturated rings. The normalized spacial score (nSPS) is 42.9. The van der Waals surface area contributed by atoms with Crippen molar-refractivity contribution in [3.63, 3.8) is 0 Å². The van der Waals surface area contributed by atoms with Crippen LogP contribution in [0, 0.1) is 17.3 Å². The summed E-state index contributed by atoms with van der Waals surface area (Å²) in [5.74, 6) is 1.47. The van der Waals surface area contributed by atoms with Crippen molar-refractivity contribution >= 4 is 5.78 Å². The highest BCUT2D eigenvalue weighted by Crippen LogP contribution is 2.63. The molecule has 4 atom stereocenters. The predicted octanol–water partition coefficient (Wildman–Crippen LogP) is 3.31. The zero-order valence-electron chi connectivity index (χ0n) is 14.1. The molecule has 0 bridgehead atoms. The molecule has 0 unspecified atom stereocenters. The van der Waals surface area contributed by atoms with E-state index in [0.717, 1.165) is 38.5 Å². The SMILES string of the molecule is C[C@]12CC=C3C4=C(CC[C@H]3[C@@H]1CC[C@@]2(O)CCO)CC(=O)CC4. The third kappa shape index (κ3) is 2.12. The molecule has 0 aliphatic heterocycles. The summed E-state index contributed by atoms with van der Waals surface area (Å²) in [4.78, 5) is 11.8. The van der Waals surface area contributed by atoms with Crippen molar-refractivity contribution in [1.82, 2.24) is 0 Å². The van der Waals surface area contributed by atoms with Gasteiger partial charge in [-0.25, -0.2) is 0 Å². The van der Waals surface area contributed by atoms with Gasteiger partial charge in [0.2, 0.25) is 0 Å². The molecule has 4 aliphatic rings. The van der Waals surface area contributed by atoms with Gasteiger partial charge in [0.05, 0.1) is 5.60 Å². The van der Waals surface area contributed by atoms with E-state index in [1.54, 1.807) is 0 Å². The maximum absolute atomic E-state index is 11.8. The summed E-state index contributed by atoms with van der Waals surface area (Å²) in [7, 11) is 0. The van der Waals surface area contributed by atoms with Gasteiger partial charge in [-0.3, -0.25) is 4.79 Å². The average molecular weight is 316 g/mol. The lowest BCUT2D eigenvalue weighted by Gasteiger charge is -2.50. The first kappa shape index (κ1) is 15.6. The number of Topliss-reactive ketones (excluding diaryl/α,β-unsaturated/α-hetero) is 1. The minimum Gasteiger partial charge on any atom is -0.396 e. The van der Waals surface area contributed by atoms with Crippen LogP contribution in [-0.2, 0) is 4.79 Å². The fourth-order valence-corrected chi connectivity index (χ4v) is 6.11. The summed E-state index contributed by atoms with van der Waals surface area (Å²) < 4.78 is 0. The molecule has 0 amide bonds. The van der Waals surface area contributed by atoms with Gasteiger partial charge >= 0.3 is 0 Å². The molecule has 126 valence electrons. The Kier molecular flexibility index (Phi) is 3.58. The second-order valence-corrected chi connectivity index (χ2v) is 8.37. The Labute approximate surface area is 138 Å². The zero-order valence-corrected chi connectivity index (χ0v) is 14.1. The van der Waals surface area contributed by atoms with E-state index >= 15 is 0 Å². The molecular weight excluding hydrogens is 288 g/mol. The van der Waals surface area contributed by atoms with Crippen molar-refractivity contribution in [1.29, 1.82) is 0 Å². The van der Waals surface area contributed by atoms with Crippen LogP contribution in [0.25, 0.3) is 0 Å². The van der Waals surface area contributed by atoms with E-state index in [1.807, 2.05) is 0 Å². The number of fused-ring (bicyclic) bond motifs is 4. The highest BCUT2D eigenvalue weighted by atomic mass is 16.3. The first-order valence-corrected chi connectivity index (χ1v) is 9.25. The van der Waals surface area contributed by atoms with Crippen molar-refractivity contribution in [2.75, 3.05) is 6.61 Å². The molecule has 0 aromatic heterocycles. The summed E-state index contributed by atoms with van der Waals surface area (Å²) >= 11 is 0. The van der Waals surface area contributed by atoms with Gasteiger partial charge in [-0.05, 0) is 67.9 Å². The Morgan fingerprint density at radius 1 is 1.26 bits per heavy atom. The molecule has 4 aliphatic carbocycles. The Morgan fingerprint density at radius 3 is 2.87 bits per heavy atom. The molecule has 0 heterocycles. The molecule has 3 heteroatoms. The molecule has 4 rings (SSSR count). The van der Waals surface area contributed by atoms with Crippen LogP contribution in [0.1, 0.15) is 64.7 Å². The van der Waals surface area contributed by atoms with Crippen LogP contribution >= 0.6 is 0 Å². The minimum absolute atomic E-state index is 0.0669. The first-order chi connectivity index (χ1) is 11.0. The minimum atomic E-state index is -0.717. The number of rotatable bonds is 2. The van der Waals surface area contributed by atoms with E-state index in [2.05, 4.69) is 13.0 Å². The molecule has 3 nitrogen and oxygen atoms in total. The van der Waals surface area contributed by atoms with Gasteiger partial charge in [-0.15, -0.1) is 0 Å². The standard InChI is InChI=1S/C20H28O3/c1-19-8-6-16-15-5-3-14(22)12-13(15)2-4-17(16)18(19)7-9-20(19,23)10-11-21/h6,17-18,21,23H,2-5,7-12H2,1H3/t17-,18+,19+,20-/m1/s1. The van der Waals surface area contributed by atoms with Gasteiger partial charge in [0, 0.05) is 24.9 Å². The van der Waals surface area contributed by atoms with E-state index in [-0.39, 0.29) is 12.0 Å². The van der Waals surface area contributed by atoms with E-state index in [9.17, 15) is 15.0 Å². The first-order valence-electron chi connectivity index (χ1n) is 9.25. The lowest BCUT2D eigenvalue weighted by Crippen LogP contribution is -2.49. The Hall–Kier alpha value is -0.930. The smallest absolute Gasteiger partial charge is 0.137 e. The zero-order chi connectivity index (χ0) is 16.2. The average Bonchev–Trinajstić information content (AvgIpc) is 2.79. The van der Waals surface area contributed by atoms with Gasteiger partial charge in [-0.1, -0.05) is 18.6 Å². The number of carbonyl (C=O) groups excluding carboxylic acids is 1. The maximum atomic E-state index is 11.8. The largest absolute Gasteiger partial charge is 0.396 e. The number of aliphatic hydroxyl groups is 2. The lowest BCUT2D eigenvalue weighted by atomic mass is 9.56. The number of aliphatic hydroxyl groups excluding tert-OH is 1. The number of allylic oxidation sites excluding steroid dienone is 4. The molecule has 0 saturated heterocycles. The number of carbonyl (C=O) groups is 1. The Morgan fingerprint density at radius 2 is 2.09 bits per heavy atom. The van der Waals surface area contributed by atoms with E-state index in [0.29, 0.717) is 36.9 Å². The van der Waals surface area contributed by atoms with Crippen LogP contribution < -0.4 is 0 Å². The molecule has 0 aromatic carbocycles. The third-order valence-electron chi connectivity index (χ3n) is 7.50. The molecule has 0 spiro atoms. The van der Waals surface area contributed by atoms with Gasteiger partial charge in [-0.2, -0.15) is 0 Å². The van der Waals surface area contributed by atoms with E-state index in [1.165, 1.54) is 16.7 Å². The van der Waals surface area contributed by atoms with E-state index < -0.39 is 5.60 Å². The second kappa shape index (κ2) is 5.29. The summed E-state index contributed by atoms with van der Waals surface area (Å²) in [5.41, 5.74) is 3.57. The monoisotopic (exact) mass is 316 g/mol. The van der Waals surface area contributed by atoms with Crippen LogP contribution in [0.4, 0.5) is 0 Å². The van der Waals surface area contributed by atoms with Crippen molar-refractivity contribution < 1.29 is 15.0 Å². The van der Waals surface area contributed by atoms with Crippen LogP contribution in [-0.4, -0.2) is 28.2 Å². The summed E-state index contributed by atoms with van der Waals surface area (Å²) in [5, 5.41) is 20.6. The predicted molar refractivity (Wildman–Crippen MR) is 88.8 cm³/mol. The van der Waals surface area contributed by atoms with Crippen molar-refractivity contribution in [3.05, 3.63) is 22.8 Å². The second-order valence-electron chi connectivity index (χ2n) is 8.37. The van der Waals surface area contributed by atoms with Gasteiger partial charge < -0.3 is 10.2 Å².